The molecule has 1 amide bonds. The second-order valence-corrected chi connectivity index (χ2v) is 8.62. The Labute approximate surface area is 197 Å². The quantitative estimate of drug-likeness (QED) is 0.338. The van der Waals surface area contributed by atoms with Crippen molar-refractivity contribution in [2.24, 2.45) is 0 Å². The number of nitrogens with zero attached hydrogens (tertiary/aromatic N) is 2. The number of aromatic hydroxyl groups is 1. The number of amides is 1. The zero-order valence-corrected chi connectivity index (χ0v) is 18.8. The van der Waals surface area contributed by atoms with Gasteiger partial charge in [-0.05, 0) is 36.8 Å². The number of aromatic nitrogens is 1. The summed E-state index contributed by atoms with van der Waals surface area (Å²) in [6.45, 7) is 5.22. The number of carbonyl (C=O) groups is 2. The molecule has 0 spiro atoms. The summed E-state index contributed by atoms with van der Waals surface area (Å²) in [7, 11) is 0. The summed E-state index contributed by atoms with van der Waals surface area (Å²) in [6, 6.07) is 12.1. The number of anilines is 1. The fourth-order valence-corrected chi connectivity index (χ4v) is 4.95. The van der Waals surface area contributed by atoms with Gasteiger partial charge < -0.3 is 14.3 Å². The van der Waals surface area contributed by atoms with Gasteiger partial charge in [-0.1, -0.05) is 48.3 Å². The van der Waals surface area contributed by atoms with Crippen molar-refractivity contribution in [3.05, 3.63) is 98.9 Å². The molecule has 1 unspecified atom stereocenters. The minimum Gasteiger partial charge on any atom is -0.508 e. The molecule has 0 saturated carbocycles. The fraction of sp³-hybridized carbons (Fsp3) is 0.120. The molecule has 0 radical (unpaired) electrons. The summed E-state index contributed by atoms with van der Waals surface area (Å²) in [6.07, 6.45) is 1.46. The second kappa shape index (κ2) is 8.27. The maximum absolute atomic E-state index is 13.6. The number of ether oxygens (including phenoxy) is 1. The van der Waals surface area contributed by atoms with Gasteiger partial charge in [-0.3, -0.25) is 14.5 Å². The molecular formula is C25H18N2O6S. The van der Waals surface area contributed by atoms with Crippen molar-refractivity contribution in [1.29, 1.82) is 0 Å². The molecule has 0 bridgehead atoms. The largest absolute Gasteiger partial charge is 0.508 e. The number of phenols is 1. The third-order valence-corrected chi connectivity index (χ3v) is 6.63. The molecule has 3 heterocycles. The van der Waals surface area contributed by atoms with Gasteiger partial charge in [0.05, 0.1) is 22.7 Å². The first-order valence-electron chi connectivity index (χ1n) is 10.3. The lowest BCUT2D eigenvalue weighted by Gasteiger charge is -2.22. The predicted molar refractivity (Wildman–Crippen MR) is 127 cm³/mol. The maximum atomic E-state index is 13.6. The topological polar surface area (TPSA) is 110 Å². The van der Waals surface area contributed by atoms with E-state index in [0.29, 0.717) is 22.2 Å². The Morgan fingerprint density at radius 3 is 2.71 bits per heavy atom. The Kier molecular flexibility index (Phi) is 5.25. The first-order valence-corrected chi connectivity index (χ1v) is 11.2. The Hall–Kier alpha value is -4.24. The van der Waals surface area contributed by atoms with E-state index in [4.69, 9.17) is 9.15 Å². The summed E-state index contributed by atoms with van der Waals surface area (Å²) < 4.78 is 11.0. The maximum Gasteiger partial charge on any atom is 0.350 e. The standard InChI is InChI=1S/C25H18N2O6S/c1-3-12-32-24(31)22-13(2)26-25(34-22)27-19(14-8-10-15(28)11-9-14)18-20(29)16-6-4-5-7-17(16)33-21(18)23(27)30/h3-11,19,28H,1,12H2,2H3. The molecule has 9 heteroatoms. The van der Waals surface area contributed by atoms with E-state index in [1.165, 1.54) is 23.1 Å². The lowest BCUT2D eigenvalue weighted by atomic mass is 9.98. The van der Waals surface area contributed by atoms with E-state index in [0.717, 1.165) is 11.3 Å². The molecule has 4 aromatic rings. The monoisotopic (exact) mass is 474 g/mol. The van der Waals surface area contributed by atoms with E-state index in [2.05, 4.69) is 11.6 Å². The average molecular weight is 474 g/mol. The van der Waals surface area contributed by atoms with Crippen LogP contribution < -0.4 is 10.3 Å². The minimum atomic E-state index is -0.855. The summed E-state index contributed by atoms with van der Waals surface area (Å²) in [5.41, 5.74) is 1.13. The molecule has 1 N–H and O–H groups in total. The van der Waals surface area contributed by atoms with Crippen molar-refractivity contribution in [2.45, 2.75) is 13.0 Å². The lowest BCUT2D eigenvalue weighted by Crippen LogP contribution is -2.29. The number of carbonyl (C=O) groups excluding carboxylic acids is 2. The molecule has 0 aliphatic carbocycles. The molecular weight excluding hydrogens is 456 g/mol. The van der Waals surface area contributed by atoms with Crippen LogP contribution in [0.25, 0.3) is 11.0 Å². The number of hydrogen-bond acceptors (Lipinski definition) is 8. The minimum absolute atomic E-state index is 0.0424. The van der Waals surface area contributed by atoms with Crippen molar-refractivity contribution < 1.29 is 23.8 Å². The van der Waals surface area contributed by atoms with Gasteiger partial charge in [0.25, 0.3) is 5.91 Å². The molecule has 2 aromatic heterocycles. The molecule has 1 aliphatic heterocycles. The third kappa shape index (κ3) is 3.37. The van der Waals surface area contributed by atoms with Crippen LogP contribution in [0.15, 0.2) is 70.4 Å². The first-order chi connectivity index (χ1) is 16.4. The van der Waals surface area contributed by atoms with Crippen LogP contribution in [0.1, 0.15) is 43.1 Å². The van der Waals surface area contributed by atoms with Crippen LogP contribution in [0, 0.1) is 6.92 Å². The molecule has 1 aliphatic rings. The van der Waals surface area contributed by atoms with Crippen LogP contribution in [0.5, 0.6) is 5.75 Å². The van der Waals surface area contributed by atoms with Crippen LogP contribution >= 0.6 is 11.3 Å². The van der Waals surface area contributed by atoms with Crippen LogP contribution in [-0.4, -0.2) is 28.6 Å². The number of thiazole rings is 1. The van der Waals surface area contributed by atoms with Gasteiger partial charge in [0.1, 0.15) is 22.8 Å². The van der Waals surface area contributed by atoms with Gasteiger partial charge in [0, 0.05) is 0 Å². The summed E-state index contributed by atoms with van der Waals surface area (Å²) in [4.78, 5) is 45.6. The molecule has 170 valence electrons. The zero-order valence-electron chi connectivity index (χ0n) is 18.0. The number of benzene rings is 2. The van der Waals surface area contributed by atoms with Crippen molar-refractivity contribution in [3.63, 3.8) is 0 Å². The van der Waals surface area contributed by atoms with E-state index in [1.807, 2.05) is 0 Å². The smallest absolute Gasteiger partial charge is 0.350 e. The molecule has 8 nitrogen and oxygen atoms in total. The van der Waals surface area contributed by atoms with E-state index < -0.39 is 17.9 Å². The molecule has 0 saturated heterocycles. The highest BCUT2D eigenvalue weighted by molar-refractivity contribution is 7.17. The summed E-state index contributed by atoms with van der Waals surface area (Å²) in [5, 5.41) is 10.3. The summed E-state index contributed by atoms with van der Waals surface area (Å²) >= 11 is 0.993. The van der Waals surface area contributed by atoms with Crippen molar-refractivity contribution >= 4 is 39.3 Å². The predicted octanol–water partition coefficient (Wildman–Crippen LogP) is 4.36. The zero-order chi connectivity index (χ0) is 24.0. The van der Waals surface area contributed by atoms with Gasteiger partial charge in [-0.2, -0.15) is 0 Å². The van der Waals surface area contributed by atoms with E-state index in [9.17, 15) is 19.5 Å². The summed E-state index contributed by atoms with van der Waals surface area (Å²) in [5.74, 6) is -1.16. The molecule has 2 aromatic carbocycles. The highest BCUT2D eigenvalue weighted by atomic mass is 32.1. The Morgan fingerprint density at radius 2 is 1.97 bits per heavy atom. The van der Waals surface area contributed by atoms with Crippen LogP contribution in [0.3, 0.4) is 0 Å². The Morgan fingerprint density at radius 1 is 1.24 bits per heavy atom. The number of esters is 1. The Balaban J connectivity index is 1.71. The van der Waals surface area contributed by atoms with Gasteiger partial charge in [-0.15, -0.1) is 0 Å². The second-order valence-electron chi connectivity index (χ2n) is 7.64. The average Bonchev–Trinajstić information content (AvgIpc) is 3.36. The molecule has 34 heavy (non-hydrogen) atoms. The number of phenolic OH excluding ortho intramolecular Hbond substituents is 1. The van der Waals surface area contributed by atoms with Crippen LogP contribution in [0.2, 0.25) is 0 Å². The van der Waals surface area contributed by atoms with Gasteiger partial charge in [0.2, 0.25) is 5.76 Å². The third-order valence-electron chi connectivity index (χ3n) is 5.50. The first kappa shape index (κ1) is 21.6. The van der Waals surface area contributed by atoms with Gasteiger partial charge in [-0.25, -0.2) is 9.78 Å². The fourth-order valence-electron chi connectivity index (χ4n) is 3.96. The van der Waals surface area contributed by atoms with Crippen molar-refractivity contribution in [3.8, 4) is 5.75 Å². The van der Waals surface area contributed by atoms with Gasteiger partial charge in [0.15, 0.2) is 10.6 Å². The van der Waals surface area contributed by atoms with E-state index in [-0.39, 0.29) is 39.1 Å². The number of aryl methyl sites for hydroxylation is 1. The van der Waals surface area contributed by atoms with Crippen molar-refractivity contribution in [2.75, 3.05) is 11.5 Å². The number of hydrogen-bond donors (Lipinski definition) is 1. The van der Waals surface area contributed by atoms with Crippen LogP contribution in [-0.2, 0) is 4.74 Å². The number of fused-ring (bicyclic) bond motifs is 2. The molecule has 0 fully saturated rings. The number of para-hydroxylation sites is 1. The normalized spacial score (nSPS) is 14.9. The van der Waals surface area contributed by atoms with E-state index in [1.54, 1.807) is 43.3 Å². The van der Waals surface area contributed by atoms with Crippen molar-refractivity contribution in [1.82, 2.24) is 4.98 Å². The van der Waals surface area contributed by atoms with E-state index >= 15 is 0 Å². The Bertz CT molecular complexity index is 1520. The number of rotatable bonds is 5. The van der Waals surface area contributed by atoms with Crippen LogP contribution in [0.4, 0.5) is 5.13 Å². The highest BCUT2D eigenvalue weighted by Gasteiger charge is 2.45. The molecule has 5 rings (SSSR count). The SMILES string of the molecule is C=CCOC(=O)c1sc(N2C(=O)c3oc4ccccc4c(=O)c3C2c2ccc(O)cc2)nc1C. The lowest BCUT2D eigenvalue weighted by molar-refractivity contribution is 0.0554. The molecule has 1 atom stereocenters. The highest BCUT2D eigenvalue weighted by Crippen LogP contribution is 2.43. The van der Waals surface area contributed by atoms with Gasteiger partial charge >= 0.3 is 5.97 Å².